The molecule has 0 bridgehead atoms. The number of rotatable bonds is 7. The molecule has 0 radical (unpaired) electrons. The van der Waals surface area contributed by atoms with E-state index < -0.39 is 12.5 Å². The van der Waals surface area contributed by atoms with Crippen molar-refractivity contribution in [2.75, 3.05) is 4.90 Å². The van der Waals surface area contributed by atoms with Gasteiger partial charge in [0.2, 0.25) is 0 Å². The third-order valence-corrected chi connectivity index (χ3v) is 2.63. The molecule has 1 aromatic rings. The summed E-state index contributed by atoms with van der Waals surface area (Å²) in [6.45, 7) is 10.8. The van der Waals surface area contributed by atoms with E-state index in [9.17, 15) is 10.2 Å². The lowest BCUT2D eigenvalue weighted by Crippen LogP contribution is -2.42. The second kappa shape index (κ2) is 6.79. The highest BCUT2D eigenvalue weighted by atomic mass is 16.3. The molecule has 0 aliphatic heterocycles. The monoisotopic (exact) mass is 245 g/mol. The van der Waals surface area contributed by atoms with Crippen LogP contribution in [0.4, 0.5) is 5.69 Å². The first-order chi connectivity index (χ1) is 8.65. The molecule has 0 amide bonds. The summed E-state index contributed by atoms with van der Waals surface area (Å²) >= 11 is 0. The molecule has 0 saturated heterocycles. The zero-order valence-corrected chi connectivity index (χ0v) is 10.4. The van der Waals surface area contributed by atoms with E-state index in [1.807, 2.05) is 24.3 Å². The summed E-state index contributed by atoms with van der Waals surface area (Å²) in [5.41, 5.74) is 1.70. The zero-order chi connectivity index (χ0) is 13.5. The molecule has 1 rings (SSSR count). The molecule has 0 fully saturated rings. The number of hydrogen-bond acceptors (Lipinski definition) is 3. The van der Waals surface area contributed by atoms with E-state index in [-0.39, 0.29) is 0 Å². The molecule has 2 atom stereocenters. The SMILES string of the molecule is C=CCc1ccccc1N(C(O)C=C)C(O)C=C. The molecule has 0 aliphatic carbocycles. The van der Waals surface area contributed by atoms with Gasteiger partial charge in [0.15, 0.2) is 0 Å². The number of allylic oxidation sites excluding steroid dienone is 1. The minimum Gasteiger partial charge on any atom is -0.370 e. The van der Waals surface area contributed by atoms with E-state index >= 15 is 0 Å². The maximum atomic E-state index is 9.94. The van der Waals surface area contributed by atoms with Crippen molar-refractivity contribution >= 4 is 5.69 Å². The lowest BCUT2D eigenvalue weighted by Gasteiger charge is -2.32. The molecule has 2 N–H and O–H groups in total. The van der Waals surface area contributed by atoms with E-state index in [0.29, 0.717) is 6.42 Å². The Balaban J connectivity index is 3.23. The van der Waals surface area contributed by atoms with Gasteiger partial charge in [-0.05, 0) is 30.2 Å². The second-order valence-corrected chi connectivity index (χ2v) is 3.83. The molecule has 0 aromatic heterocycles. The Kier molecular flexibility index (Phi) is 5.36. The summed E-state index contributed by atoms with van der Waals surface area (Å²) in [7, 11) is 0. The van der Waals surface area contributed by atoms with Gasteiger partial charge >= 0.3 is 0 Å². The van der Waals surface area contributed by atoms with Crippen molar-refractivity contribution in [1.82, 2.24) is 0 Å². The number of nitrogens with zero attached hydrogens (tertiary/aromatic N) is 1. The van der Waals surface area contributed by atoms with Crippen LogP contribution in [0.15, 0.2) is 62.2 Å². The van der Waals surface area contributed by atoms with Crippen LogP contribution in [-0.2, 0) is 6.42 Å². The Hall–Kier alpha value is -1.84. The fourth-order valence-corrected chi connectivity index (χ4v) is 1.76. The number of anilines is 1. The smallest absolute Gasteiger partial charge is 0.148 e. The summed E-state index contributed by atoms with van der Waals surface area (Å²) in [5.74, 6) is 0. The highest BCUT2D eigenvalue weighted by Crippen LogP contribution is 2.25. The van der Waals surface area contributed by atoms with Gasteiger partial charge in [-0.25, -0.2) is 0 Å². The largest absolute Gasteiger partial charge is 0.370 e. The van der Waals surface area contributed by atoms with Crippen LogP contribution in [0.2, 0.25) is 0 Å². The van der Waals surface area contributed by atoms with Crippen LogP contribution in [0, 0.1) is 0 Å². The average Bonchev–Trinajstić information content (AvgIpc) is 2.40. The van der Waals surface area contributed by atoms with Crippen molar-refractivity contribution in [3.63, 3.8) is 0 Å². The van der Waals surface area contributed by atoms with Crippen molar-refractivity contribution in [1.29, 1.82) is 0 Å². The Bertz CT molecular complexity index is 414. The van der Waals surface area contributed by atoms with Crippen LogP contribution in [0.25, 0.3) is 0 Å². The van der Waals surface area contributed by atoms with Crippen LogP contribution in [-0.4, -0.2) is 22.7 Å². The molecular formula is C15H19NO2. The number of aliphatic hydroxyl groups excluding tert-OH is 2. The first kappa shape index (κ1) is 14.2. The van der Waals surface area contributed by atoms with Gasteiger partial charge in [0.05, 0.1) is 0 Å². The zero-order valence-electron chi connectivity index (χ0n) is 10.4. The summed E-state index contributed by atoms with van der Waals surface area (Å²) < 4.78 is 0. The number of para-hydroxylation sites is 1. The lowest BCUT2D eigenvalue weighted by molar-refractivity contribution is 0.136. The standard InChI is InChI=1S/C15H19NO2/c1-4-9-12-10-7-8-11-13(12)16(14(17)5-2)15(18)6-3/h4-8,10-11,14-15,17-18H,1-3,9H2. The van der Waals surface area contributed by atoms with Crippen LogP contribution in [0.3, 0.4) is 0 Å². The average molecular weight is 245 g/mol. The summed E-state index contributed by atoms with van der Waals surface area (Å²) in [5, 5.41) is 19.9. The molecule has 0 spiro atoms. The molecule has 3 nitrogen and oxygen atoms in total. The van der Waals surface area contributed by atoms with Gasteiger partial charge in [0.1, 0.15) is 12.5 Å². The maximum Gasteiger partial charge on any atom is 0.148 e. The van der Waals surface area contributed by atoms with Gasteiger partial charge in [-0.15, -0.1) is 6.58 Å². The van der Waals surface area contributed by atoms with Gasteiger partial charge < -0.3 is 15.1 Å². The third kappa shape index (κ3) is 3.09. The Morgan fingerprint density at radius 2 is 1.61 bits per heavy atom. The Labute approximate surface area is 108 Å². The van der Waals surface area contributed by atoms with E-state index in [4.69, 9.17) is 0 Å². The van der Waals surface area contributed by atoms with Gasteiger partial charge in [-0.1, -0.05) is 37.4 Å². The van der Waals surface area contributed by atoms with Crippen LogP contribution < -0.4 is 4.90 Å². The highest BCUT2D eigenvalue weighted by Gasteiger charge is 2.21. The molecule has 96 valence electrons. The Morgan fingerprint density at radius 1 is 1.06 bits per heavy atom. The van der Waals surface area contributed by atoms with Gasteiger partial charge in [0, 0.05) is 5.69 Å². The van der Waals surface area contributed by atoms with E-state index in [2.05, 4.69) is 19.7 Å². The first-order valence-electron chi connectivity index (χ1n) is 5.74. The molecule has 1 aromatic carbocycles. The van der Waals surface area contributed by atoms with Crippen molar-refractivity contribution in [2.45, 2.75) is 18.9 Å². The fraction of sp³-hybridized carbons (Fsp3) is 0.200. The van der Waals surface area contributed by atoms with Crippen molar-refractivity contribution in [3.05, 3.63) is 67.8 Å². The molecule has 2 unspecified atom stereocenters. The lowest BCUT2D eigenvalue weighted by atomic mass is 10.1. The van der Waals surface area contributed by atoms with E-state index in [1.54, 1.807) is 6.08 Å². The topological polar surface area (TPSA) is 43.7 Å². The minimum absolute atomic E-state index is 0.653. The predicted octanol–water partition coefficient (Wildman–Crippen LogP) is 2.23. The third-order valence-electron chi connectivity index (χ3n) is 2.63. The molecule has 18 heavy (non-hydrogen) atoms. The highest BCUT2D eigenvalue weighted by molar-refractivity contribution is 5.56. The number of aliphatic hydroxyl groups is 2. The maximum absolute atomic E-state index is 9.94. The number of benzene rings is 1. The van der Waals surface area contributed by atoms with Crippen LogP contribution in [0.5, 0.6) is 0 Å². The van der Waals surface area contributed by atoms with Crippen LogP contribution in [0.1, 0.15) is 5.56 Å². The van der Waals surface area contributed by atoms with Gasteiger partial charge in [-0.2, -0.15) is 0 Å². The molecule has 0 heterocycles. The molecule has 0 saturated carbocycles. The molecular weight excluding hydrogens is 226 g/mol. The van der Waals surface area contributed by atoms with E-state index in [0.717, 1.165) is 11.3 Å². The normalized spacial score (nSPS) is 13.4. The molecule has 0 aliphatic rings. The predicted molar refractivity (Wildman–Crippen MR) is 75.2 cm³/mol. The summed E-state index contributed by atoms with van der Waals surface area (Å²) in [4.78, 5) is 1.44. The number of hydrogen-bond donors (Lipinski definition) is 2. The van der Waals surface area contributed by atoms with Crippen LogP contribution >= 0.6 is 0 Å². The van der Waals surface area contributed by atoms with E-state index in [1.165, 1.54) is 17.1 Å². The summed E-state index contributed by atoms with van der Waals surface area (Å²) in [6, 6.07) is 7.51. The second-order valence-electron chi connectivity index (χ2n) is 3.83. The first-order valence-corrected chi connectivity index (χ1v) is 5.74. The Morgan fingerprint density at radius 3 is 2.11 bits per heavy atom. The van der Waals surface area contributed by atoms with Gasteiger partial charge in [-0.3, -0.25) is 0 Å². The van der Waals surface area contributed by atoms with Crippen molar-refractivity contribution in [2.24, 2.45) is 0 Å². The fourth-order valence-electron chi connectivity index (χ4n) is 1.76. The van der Waals surface area contributed by atoms with Crippen molar-refractivity contribution in [3.8, 4) is 0 Å². The summed E-state index contributed by atoms with van der Waals surface area (Å²) in [6.07, 6.45) is 3.18. The minimum atomic E-state index is -0.982. The molecule has 3 heteroatoms. The van der Waals surface area contributed by atoms with Crippen molar-refractivity contribution < 1.29 is 10.2 Å². The quantitative estimate of drug-likeness (QED) is 0.572. The van der Waals surface area contributed by atoms with Gasteiger partial charge in [0.25, 0.3) is 0 Å².